The quantitative estimate of drug-likeness (QED) is 0.780. The topological polar surface area (TPSA) is 55.7 Å². The van der Waals surface area contributed by atoms with E-state index in [9.17, 15) is 10.2 Å². The molecule has 1 aromatic carbocycles. The Morgan fingerprint density at radius 2 is 1.56 bits per heavy atom. The van der Waals surface area contributed by atoms with Crippen molar-refractivity contribution in [1.29, 1.82) is 0 Å². The first kappa shape index (κ1) is 17.3. The molecular formula is C12H20Cl2N2O2. The van der Waals surface area contributed by atoms with Crippen LogP contribution in [-0.4, -0.2) is 41.3 Å². The number of hydrogen-bond donors (Lipinski definition) is 3. The average Bonchev–Trinajstić information content (AvgIpc) is 2.28. The van der Waals surface area contributed by atoms with Gasteiger partial charge in [0, 0.05) is 38.3 Å². The lowest BCUT2D eigenvalue weighted by molar-refractivity contribution is 0.185. The Morgan fingerprint density at radius 1 is 1.06 bits per heavy atom. The second-order valence-electron chi connectivity index (χ2n) is 4.24. The summed E-state index contributed by atoms with van der Waals surface area (Å²) in [6.07, 6.45) is 0. The number of phenols is 2. The molecule has 1 heterocycles. The Balaban J connectivity index is 0.00000144. The van der Waals surface area contributed by atoms with Gasteiger partial charge in [0.1, 0.15) is 11.5 Å². The van der Waals surface area contributed by atoms with Crippen molar-refractivity contribution in [3.05, 3.63) is 23.8 Å². The first-order chi connectivity index (χ1) is 7.66. The summed E-state index contributed by atoms with van der Waals surface area (Å²) < 4.78 is 0. The van der Waals surface area contributed by atoms with E-state index < -0.39 is 0 Å². The van der Waals surface area contributed by atoms with Gasteiger partial charge in [-0.15, -0.1) is 24.8 Å². The highest BCUT2D eigenvalue weighted by Gasteiger charge is 2.18. The molecule has 0 amide bonds. The number of piperazine rings is 1. The van der Waals surface area contributed by atoms with Gasteiger partial charge in [0.15, 0.2) is 0 Å². The van der Waals surface area contributed by atoms with Crippen LogP contribution in [0.3, 0.4) is 0 Å². The summed E-state index contributed by atoms with van der Waals surface area (Å²) in [6.45, 7) is 6.08. The van der Waals surface area contributed by atoms with Gasteiger partial charge in [-0.1, -0.05) is 0 Å². The normalized spacial score (nSPS) is 17.4. The molecule has 1 aliphatic rings. The van der Waals surface area contributed by atoms with E-state index in [0.717, 1.165) is 31.7 Å². The van der Waals surface area contributed by atoms with Gasteiger partial charge in [0.25, 0.3) is 0 Å². The largest absolute Gasteiger partial charge is 0.508 e. The molecule has 3 N–H and O–H groups in total. The second-order valence-corrected chi connectivity index (χ2v) is 4.24. The minimum atomic E-state index is 0. The maximum atomic E-state index is 9.45. The number of benzene rings is 1. The smallest absolute Gasteiger partial charge is 0.119 e. The van der Waals surface area contributed by atoms with Crippen LogP contribution in [0, 0.1) is 0 Å². The van der Waals surface area contributed by atoms with Crippen molar-refractivity contribution in [2.75, 3.05) is 26.2 Å². The summed E-state index contributed by atoms with van der Waals surface area (Å²) in [5.74, 6) is 0.244. The molecule has 1 atom stereocenters. The van der Waals surface area contributed by atoms with Gasteiger partial charge in [-0.2, -0.15) is 0 Å². The van der Waals surface area contributed by atoms with Crippen molar-refractivity contribution in [1.82, 2.24) is 10.2 Å². The molecule has 1 fully saturated rings. The maximum absolute atomic E-state index is 9.45. The van der Waals surface area contributed by atoms with Gasteiger partial charge in [-0.25, -0.2) is 0 Å². The molecule has 18 heavy (non-hydrogen) atoms. The molecule has 0 radical (unpaired) electrons. The summed E-state index contributed by atoms with van der Waals surface area (Å²) in [7, 11) is 0. The summed E-state index contributed by atoms with van der Waals surface area (Å²) in [5.41, 5.74) is 0.958. The molecule has 1 aliphatic heterocycles. The molecule has 104 valence electrons. The number of nitrogens with zero attached hydrogens (tertiary/aromatic N) is 1. The van der Waals surface area contributed by atoms with E-state index in [1.165, 1.54) is 6.07 Å². The third-order valence-corrected chi connectivity index (χ3v) is 3.11. The van der Waals surface area contributed by atoms with E-state index in [2.05, 4.69) is 17.1 Å². The Kier molecular flexibility index (Phi) is 7.40. The van der Waals surface area contributed by atoms with Gasteiger partial charge in [0.05, 0.1) is 0 Å². The molecule has 0 aromatic heterocycles. The maximum Gasteiger partial charge on any atom is 0.119 e. The van der Waals surface area contributed by atoms with Crippen LogP contribution in [0.2, 0.25) is 0 Å². The molecular weight excluding hydrogens is 275 g/mol. The van der Waals surface area contributed by atoms with Crippen LogP contribution in [-0.2, 0) is 0 Å². The van der Waals surface area contributed by atoms with E-state index in [1.54, 1.807) is 12.1 Å². The molecule has 0 unspecified atom stereocenters. The van der Waals surface area contributed by atoms with Crippen molar-refractivity contribution in [3.63, 3.8) is 0 Å². The number of nitrogens with one attached hydrogen (secondary N) is 1. The number of halogens is 2. The second kappa shape index (κ2) is 7.69. The zero-order valence-corrected chi connectivity index (χ0v) is 11.9. The van der Waals surface area contributed by atoms with E-state index in [-0.39, 0.29) is 42.4 Å². The van der Waals surface area contributed by atoms with Crippen LogP contribution in [0.25, 0.3) is 0 Å². The summed E-state index contributed by atoms with van der Waals surface area (Å²) >= 11 is 0. The Bertz CT molecular complexity index is 351. The third kappa shape index (κ3) is 4.21. The molecule has 0 bridgehead atoms. The molecule has 1 aromatic rings. The minimum absolute atomic E-state index is 0. The van der Waals surface area contributed by atoms with Crippen molar-refractivity contribution in [2.24, 2.45) is 0 Å². The van der Waals surface area contributed by atoms with Crippen LogP contribution in [0.4, 0.5) is 0 Å². The zero-order chi connectivity index (χ0) is 11.5. The number of aromatic hydroxyl groups is 2. The van der Waals surface area contributed by atoms with Crippen LogP contribution in [0.15, 0.2) is 18.2 Å². The molecule has 4 nitrogen and oxygen atoms in total. The van der Waals surface area contributed by atoms with E-state index in [0.29, 0.717) is 0 Å². The van der Waals surface area contributed by atoms with Gasteiger partial charge in [-0.05, 0) is 24.6 Å². The van der Waals surface area contributed by atoms with E-state index in [1.807, 2.05) is 0 Å². The highest BCUT2D eigenvalue weighted by molar-refractivity contribution is 5.85. The highest BCUT2D eigenvalue weighted by Crippen LogP contribution is 2.28. The van der Waals surface area contributed by atoms with Crippen LogP contribution < -0.4 is 5.32 Å². The fourth-order valence-electron chi connectivity index (χ4n) is 2.14. The monoisotopic (exact) mass is 294 g/mol. The molecule has 1 saturated heterocycles. The Morgan fingerprint density at radius 3 is 2.06 bits per heavy atom. The highest BCUT2D eigenvalue weighted by atomic mass is 35.5. The minimum Gasteiger partial charge on any atom is -0.508 e. The average molecular weight is 295 g/mol. The molecule has 0 aliphatic carbocycles. The van der Waals surface area contributed by atoms with Crippen LogP contribution in [0.1, 0.15) is 18.5 Å². The van der Waals surface area contributed by atoms with Crippen LogP contribution in [0.5, 0.6) is 11.5 Å². The van der Waals surface area contributed by atoms with Crippen molar-refractivity contribution < 1.29 is 10.2 Å². The number of phenolic OH excluding ortho intramolecular Hbond substituents is 2. The van der Waals surface area contributed by atoms with Crippen molar-refractivity contribution >= 4 is 24.8 Å². The third-order valence-electron chi connectivity index (χ3n) is 3.11. The SMILES string of the molecule is C[C@@H](c1cc(O)cc(O)c1)N1CCNCC1.Cl.Cl. The first-order valence-electron chi connectivity index (χ1n) is 5.64. The van der Waals surface area contributed by atoms with Gasteiger partial charge >= 0.3 is 0 Å². The lowest BCUT2D eigenvalue weighted by atomic mass is 10.1. The van der Waals surface area contributed by atoms with E-state index >= 15 is 0 Å². The van der Waals surface area contributed by atoms with E-state index in [4.69, 9.17) is 0 Å². The van der Waals surface area contributed by atoms with Gasteiger partial charge < -0.3 is 15.5 Å². The summed E-state index contributed by atoms with van der Waals surface area (Å²) in [5, 5.41) is 22.2. The zero-order valence-electron chi connectivity index (χ0n) is 10.3. The lowest BCUT2D eigenvalue weighted by Crippen LogP contribution is -2.44. The fraction of sp³-hybridized carbons (Fsp3) is 0.500. The predicted molar refractivity (Wildman–Crippen MR) is 77.1 cm³/mol. The number of rotatable bonds is 2. The molecule has 6 heteroatoms. The summed E-state index contributed by atoms with van der Waals surface area (Å²) in [4.78, 5) is 2.34. The molecule has 2 rings (SSSR count). The predicted octanol–water partition coefficient (Wildman–Crippen LogP) is 1.91. The fourth-order valence-corrected chi connectivity index (χ4v) is 2.14. The van der Waals surface area contributed by atoms with Crippen molar-refractivity contribution in [3.8, 4) is 11.5 Å². The standard InChI is InChI=1S/C12H18N2O2.2ClH/c1-9(14-4-2-13-3-5-14)10-6-11(15)8-12(16)7-10;;/h6-9,13,15-16H,2-5H2,1H3;2*1H/t9-;;/m0../s1. The molecule has 0 spiro atoms. The van der Waals surface area contributed by atoms with Crippen LogP contribution >= 0.6 is 24.8 Å². The number of hydrogen-bond acceptors (Lipinski definition) is 4. The summed E-state index contributed by atoms with van der Waals surface area (Å²) in [6, 6.07) is 5.01. The first-order valence-corrected chi connectivity index (χ1v) is 5.64. The van der Waals surface area contributed by atoms with Crippen molar-refractivity contribution in [2.45, 2.75) is 13.0 Å². The Labute approximate surface area is 120 Å². The van der Waals surface area contributed by atoms with Gasteiger partial charge in [-0.3, -0.25) is 4.90 Å². The lowest BCUT2D eigenvalue weighted by Gasteiger charge is -2.33. The Hall–Kier alpha value is -0.680. The van der Waals surface area contributed by atoms with Gasteiger partial charge in [0.2, 0.25) is 0 Å². The molecule has 0 saturated carbocycles.